The Morgan fingerprint density at radius 3 is 2.77 bits per heavy atom. The maximum Gasteiger partial charge on any atom is 0.224 e. The summed E-state index contributed by atoms with van der Waals surface area (Å²) in [5, 5.41) is 3.03. The average molecular weight is 293 g/mol. The molecular weight excluding hydrogens is 274 g/mol. The largest absolute Gasteiger partial charge is 0.349 e. The number of nitrogens with one attached hydrogen (secondary N) is 2. The van der Waals surface area contributed by atoms with Gasteiger partial charge in [-0.2, -0.15) is 0 Å². The summed E-state index contributed by atoms with van der Waals surface area (Å²) in [5.41, 5.74) is 3.99. The number of fused-ring (bicyclic) bond motifs is 1. The fourth-order valence-corrected chi connectivity index (χ4v) is 2.60. The van der Waals surface area contributed by atoms with Crippen LogP contribution in [0, 0.1) is 6.92 Å². The van der Waals surface area contributed by atoms with Crippen molar-refractivity contribution in [3.8, 4) is 0 Å². The minimum Gasteiger partial charge on any atom is -0.349 e. The SMILES string of the molecule is Cc1nc2ccc(CC(=O)NC(C)c3ccccc3)cc2[nH]1. The number of aryl methyl sites for hydroxylation is 1. The van der Waals surface area contributed by atoms with E-state index in [0.29, 0.717) is 6.42 Å². The van der Waals surface area contributed by atoms with E-state index < -0.39 is 0 Å². The summed E-state index contributed by atoms with van der Waals surface area (Å²) in [5.74, 6) is 0.904. The van der Waals surface area contributed by atoms with E-state index >= 15 is 0 Å². The number of hydrogen-bond donors (Lipinski definition) is 2. The highest BCUT2D eigenvalue weighted by Gasteiger charge is 2.10. The number of amides is 1. The first kappa shape index (κ1) is 14.3. The van der Waals surface area contributed by atoms with Crippen LogP contribution in [-0.4, -0.2) is 15.9 Å². The molecule has 2 aromatic carbocycles. The molecule has 0 saturated heterocycles. The van der Waals surface area contributed by atoms with Crippen molar-refractivity contribution in [3.63, 3.8) is 0 Å². The molecule has 1 heterocycles. The molecule has 0 aliphatic rings. The first-order valence-corrected chi connectivity index (χ1v) is 7.41. The number of carbonyl (C=O) groups excluding carboxylic acids is 1. The highest BCUT2D eigenvalue weighted by molar-refractivity contribution is 5.82. The Morgan fingerprint density at radius 2 is 2.00 bits per heavy atom. The van der Waals surface area contributed by atoms with Crippen LogP contribution >= 0.6 is 0 Å². The van der Waals surface area contributed by atoms with Gasteiger partial charge < -0.3 is 10.3 Å². The van der Waals surface area contributed by atoms with E-state index in [1.165, 1.54) is 0 Å². The smallest absolute Gasteiger partial charge is 0.224 e. The summed E-state index contributed by atoms with van der Waals surface area (Å²) in [4.78, 5) is 19.8. The molecule has 4 heteroatoms. The van der Waals surface area contributed by atoms with Gasteiger partial charge in [0, 0.05) is 0 Å². The van der Waals surface area contributed by atoms with Gasteiger partial charge in [0.1, 0.15) is 5.82 Å². The number of aromatic amines is 1. The monoisotopic (exact) mass is 293 g/mol. The molecule has 1 aromatic heterocycles. The molecular formula is C18H19N3O. The molecule has 0 aliphatic carbocycles. The van der Waals surface area contributed by atoms with E-state index in [-0.39, 0.29) is 11.9 Å². The molecule has 0 fully saturated rings. The number of benzene rings is 2. The van der Waals surface area contributed by atoms with Crippen LogP contribution in [0.1, 0.15) is 29.9 Å². The van der Waals surface area contributed by atoms with Crippen molar-refractivity contribution in [1.82, 2.24) is 15.3 Å². The number of hydrogen-bond acceptors (Lipinski definition) is 2. The maximum atomic E-state index is 12.2. The summed E-state index contributed by atoms with van der Waals surface area (Å²) >= 11 is 0. The lowest BCUT2D eigenvalue weighted by atomic mass is 10.1. The van der Waals surface area contributed by atoms with Crippen LogP contribution in [0.5, 0.6) is 0 Å². The normalized spacial score (nSPS) is 12.3. The Kier molecular flexibility index (Phi) is 3.92. The molecule has 112 valence electrons. The lowest BCUT2D eigenvalue weighted by molar-refractivity contribution is -0.121. The Balaban J connectivity index is 1.67. The highest BCUT2D eigenvalue weighted by atomic mass is 16.1. The van der Waals surface area contributed by atoms with Gasteiger partial charge in [-0.25, -0.2) is 4.98 Å². The Morgan fingerprint density at radius 1 is 1.23 bits per heavy atom. The van der Waals surface area contributed by atoms with Crippen molar-refractivity contribution in [2.45, 2.75) is 26.3 Å². The minimum absolute atomic E-state index is 0.00632. The lowest BCUT2D eigenvalue weighted by Gasteiger charge is -2.14. The molecule has 0 radical (unpaired) electrons. The van der Waals surface area contributed by atoms with E-state index in [1.54, 1.807) is 0 Å². The van der Waals surface area contributed by atoms with Crippen LogP contribution in [0.4, 0.5) is 0 Å². The predicted octanol–water partition coefficient (Wildman–Crippen LogP) is 3.29. The van der Waals surface area contributed by atoms with E-state index in [4.69, 9.17) is 0 Å². The number of nitrogens with zero attached hydrogens (tertiary/aromatic N) is 1. The molecule has 1 unspecified atom stereocenters. The quantitative estimate of drug-likeness (QED) is 0.775. The zero-order valence-corrected chi connectivity index (χ0v) is 12.8. The van der Waals surface area contributed by atoms with Crippen LogP contribution in [0.2, 0.25) is 0 Å². The van der Waals surface area contributed by atoms with Gasteiger partial charge in [0.2, 0.25) is 5.91 Å². The lowest BCUT2D eigenvalue weighted by Crippen LogP contribution is -2.28. The molecule has 0 bridgehead atoms. The number of rotatable bonds is 4. The van der Waals surface area contributed by atoms with Gasteiger partial charge in [-0.15, -0.1) is 0 Å². The van der Waals surface area contributed by atoms with Gasteiger partial charge >= 0.3 is 0 Å². The first-order chi connectivity index (χ1) is 10.6. The summed E-state index contributed by atoms with van der Waals surface area (Å²) in [6.07, 6.45) is 0.366. The van der Waals surface area contributed by atoms with Gasteiger partial charge in [-0.1, -0.05) is 36.4 Å². The molecule has 0 aliphatic heterocycles. The third kappa shape index (κ3) is 3.17. The molecule has 3 aromatic rings. The van der Waals surface area contributed by atoms with Crippen LogP contribution < -0.4 is 5.32 Å². The van der Waals surface area contributed by atoms with Gasteiger partial charge in [-0.3, -0.25) is 4.79 Å². The third-order valence-corrected chi connectivity index (χ3v) is 3.71. The van der Waals surface area contributed by atoms with Gasteiger partial charge in [0.05, 0.1) is 23.5 Å². The molecule has 1 atom stereocenters. The predicted molar refractivity (Wildman–Crippen MR) is 87.5 cm³/mol. The van der Waals surface area contributed by atoms with E-state index in [1.807, 2.05) is 62.4 Å². The van der Waals surface area contributed by atoms with Crippen molar-refractivity contribution in [2.75, 3.05) is 0 Å². The zero-order valence-electron chi connectivity index (χ0n) is 12.8. The fourth-order valence-electron chi connectivity index (χ4n) is 2.60. The van der Waals surface area contributed by atoms with E-state index in [9.17, 15) is 4.79 Å². The maximum absolute atomic E-state index is 12.2. The van der Waals surface area contributed by atoms with Crippen LogP contribution in [0.3, 0.4) is 0 Å². The van der Waals surface area contributed by atoms with Gasteiger partial charge in [0.25, 0.3) is 0 Å². The summed E-state index contributed by atoms with van der Waals surface area (Å²) < 4.78 is 0. The Hall–Kier alpha value is -2.62. The van der Waals surface area contributed by atoms with Gasteiger partial charge in [0.15, 0.2) is 0 Å². The van der Waals surface area contributed by atoms with Crippen LogP contribution in [0.15, 0.2) is 48.5 Å². The second kappa shape index (κ2) is 6.02. The number of aromatic nitrogens is 2. The molecule has 0 saturated carbocycles. The Bertz CT molecular complexity index is 792. The number of carbonyl (C=O) groups is 1. The molecule has 2 N–H and O–H groups in total. The fraction of sp³-hybridized carbons (Fsp3) is 0.222. The van der Waals surface area contributed by atoms with Crippen molar-refractivity contribution in [3.05, 3.63) is 65.5 Å². The molecule has 3 rings (SSSR count). The summed E-state index contributed by atoms with van der Waals surface area (Å²) in [7, 11) is 0. The van der Waals surface area contributed by atoms with Crippen LogP contribution in [0.25, 0.3) is 11.0 Å². The summed E-state index contributed by atoms with van der Waals surface area (Å²) in [6, 6.07) is 15.9. The number of H-pyrrole nitrogens is 1. The molecule has 1 amide bonds. The standard InChI is InChI=1S/C18H19N3O/c1-12(15-6-4-3-5-7-15)19-18(22)11-14-8-9-16-17(10-14)21-13(2)20-16/h3-10,12H,11H2,1-2H3,(H,19,22)(H,20,21). The minimum atomic E-state index is 0.00632. The topological polar surface area (TPSA) is 57.8 Å². The highest BCUT2D eigenvalue weighted by Crippen LogP contribution is 2.15. The molecule has 4 nitrogen and oxygen atoms in total. The van der Waals surface area contributed by atoms with E-state index in [0.717, 1.165) is 28.0 Å². The summed E-state index contributed by atoms with van der Waals surface area (Å²) in [6.45, 7) is 3.92. The zero-order chi connectivity index (χ0) is 15.5. The van der Waals surface area contributed by atoms with E-state index in [2.05, 4.69) is 15.3 Å². The van der Waals surface area contributed by atoms with Crippen molar-refractivity contribution >= 4 is 16.9 Å². The Labute approximate surface area is 129 Å². The second-order valence-electron chi connectivity index (χ2n) is 5.55. The first-order valence-electron chi connectivity index (χ1n) is 7.41. The van der Waals surface area contributed by atoms with Crippen LogP contribution in [-0.2, 0) is 11.2 Å². The van der Waals surface area contributed by atoms with Crippen molar-refractivity contribution in [1.29, 1.82) is 0 Å². The third-order valence-electron chi connectivity index (χ3n) is 3.71. The van der Waals surface area contributed by atoms with Crippen molar-refractivity contribution in [2.24, 2.45) is 0 Å². The molecule has 0 spiro atoms. The second-order valence-corrected chi connectivity index (χ2v) is 5.55. The number of imidazole rings is 1. The van der Waals surface area contributed by atoms with Crippen molar-refractivity contribution < 1.29 is 4.79 Å². The molecule has 22 heavy (non-hydrogen) atoms. The average Bonchev–Trinajstić information content (AvgIpc) is 2.87. The van der Waals surface area contributed by atoms with Gasteiger partial charge in [-0.05, 0) is 37.1 Å².